The lowest BCUT2D eigenvalue weighted by Crippen LogP contribution is -2.30. The highest BCUT2D eigenvalue weighted by atomic mass is 31.2. The Morgan fingerprint density at radius 1 is 0.317 bits per heavy atom. The number of carbonyl (C=O) groups is 4. The molecule has 596 valence electrons. The molecule has 0 fully saturated rings. The van der Waals surface area contributed by atoms with Crippen LogP contribution in [0.4, 0.5) is 0 Å². The van der Waals surface area contributed by atoms with Gasteiger partial charge in [0, 0.05) is 25.7 Å². The number of hydrogen-bond donors (Lipinski definition) is 3. The molecule has 17 nitrogen and oxygen atoms in total. The molecule has 0 aromatic rings. The van der Waals surface area contributed by atoms with Crippen LogP contribution in [0.2, 0.25) is 0 Å². The Kier molecular flexibility index (Phi) is 70.0. The van der Waals surface area contributed by atoms with Gasteiger partial charge in [0.1, 0.15) is 19.3 Å². The minimum absolute atomic E-state index is 0.0840. The molecule has 0 aromatic carbocycles. The van der Waals surface area contributed by atoms with E-state index < -0.39 is 97.5 Å². The Hall–Kier alpha value is -2.46. The average molecular weight is 1480 g/mol. The van der Waals surface area contributed by atoms with Crippen molar-refractivity contribution in [3.63, 3.8) is 0 Å². The molecule has 19 heteroatoms. The number of rotatable bonds is 78. The molecule has 0 aliphatic rings. The van der Waals surface area contributed by atoms with E-state index in [1.54, 1.807) is 0 Å². The summed E-state index contributed by atoms with van der Waals surface area (Å²) in [6.45, 7) is 11.9. The van der Waals surface area contributed by atoms with Gasteiger partial charge in [-0.2, -0.15) is 0 Å². The highest BCUT2D eigenvalue weighted by Gasteiger charge is 2.30. The van der Waals surface area contributed by atoms with Gasteiger partial charge in [-0.15, -0.1) is 0 Å². The van der Waals surface area contributed by atoms with Crippen LogP contribution in [0.15, 0.2) is 24.3 Å². The second kappa shape index (κ2) is 71.8. The van der Waals surface area contributed by atoms with Gasteiger partial charge in [0.2, 0.25) is 0 Å². The normalized spacial score (nSPS) is 14.9. The topological polar surface area (TPSA) is 237 Å². The van der Waals surface area contributed by atoms with E-state index in [2.05, 4.69) is 72.8 Å². The van der Waals surface area contributed by atoms with Crippen molar-refractivity contribution in [3.05, 3.63) is 24.3 Å². The van der Waals surface area contributed by atoms with Gasteiger partial charge in [-0.1, -0.05) is 349 Å². The van der Waals surface area contributed by atoms with Crippen LogP contribution in [0.3, 0.4) is 0 Å². The fourth-order valence-electron chi connectivity index (χ4n) is 12.0. The number of allylic oxidation sites excluding steroid dienone is 4. The standard InChI is InChI=1S/C82H156O17P2/c1-8-12-13-14-15-16-17-18-19-27-32-37-42-51-58-66-82(87)99-78(70-93-80(85)64-57-50-45-44-48-55-62-75(7)11-4)72-97-101(90,91)95-68-76(83)67-94-100(88,89)96-71-77(98-81(86)65-59-52-43-38-33-28-23-21-25-30-35-40-47-54-61-74(6)10-3)69-92-79(84)63-56-49-41-36-31-26-22-20-24-29-34-39-46-53-60-73(5)9-2/h16-19,73-78,83H,8-15,20-72H2,1-7H3,(H,88,89)(H,90,91)/b17-16-,19-18-/t73?,74?,75?,76-,77-,78-/m1/s1. The SMILES string of the molecule is CCCCCC/C=C\C=C/CCCCCCCC(=O)O[C@H](COC(=O)CCCCCCCCC(C)CC)COP(=O)(O)OC[C@H](O)COP(=O)(O)OC[C@@H](COC(=O)CCCCCCCCCCCCCCCCC(C)CC)OC(=O)CCCCCCCCCCCCCCCCC(C)CC. The van der Waals surface area contributed by atoms with Gasteiger partial charge in [0.25, 0.3) is 0 Å². The number of esters is 4. The van der Waals surface area contributed by atoms with E-state index in [-0.39, 0.29) is 25.7 Å². The molecule has 8 atom stereocenters. The summed E-state index contributed by atoms with van der Waals surface area (Å²) in [5.41, 5.74) is 0. The summed E-state index contributed by atoms with van der Waals surface area (Å²) in [5.74, 6) is 0.279. The fourth-order valence-corrected chi connectivity index (χ4v) is 13.6. The van der Waals surface area contributed by atoms with Gasteiger partial charge in [0.05, 0.1) is 26.4 Å². The molecule has 5 unspecified atom stereocenters. The van der Waals surface area contributed by atoms with E-state index in [9.17, 15) is 43.2 Å². The number of ether oxygens (including phenoxy) is 4. The maximum Gasteiger partial charge on any atom is 0.472 e. The van der Waals surface area contributed by atoms with Crippen molar-refractivity contribution in [3.8, 4) is 0 Å². The molecule has 0 saturated carbocycles. The number of carbonyl (C=O) groups excluding carboxylic acids is 4. The van der Waals surface area contributed by atoms with Crippen molar-refractivity contribution in [1.82, 2.24) is 0 Å². The van der Waals surface area contributed by atoms with Gasteiger partial charge in [-0.25, -0.2) is 9.13 Å². The van der Waals surface area contributed by atoms with Crippen molar-refractivity contribution >= 4 is 39.5 Å². The first-order chi connectivity index (χ1) is 48.8. The van der Waals surface area contributed by atoms with E-state index in [1.807, 2.05) is 0 Å². The highest BCUT2D eigenvalue weighted by molar-refractivity contribution is 7.47. The van der Waals surface area contributed by atoms with Crippen molar-refractivity contribution in [1.29, 1.82) is 0 Å². The molecule has 101 heavy (non-hydrogen) atoms. The Morgan fingerprint density at radius 3 is 0.832 bits per heavy atom. The van der Waals surface area contributed by atoms with Gasteiger partial charge in [0.15, 0.2) is 12.2 Å². The first-order valence-corrected chi connectivity index (χ1v) is 44.8. The molecular weight excluding hydrogens is 1320 g/mol. The largest absolute Gasteiger partial charge is 0.472 e. The summed E-state index contributed by atoms with van der Waals surface area (Å²) in [7, 11) is -9.94. The third kappa shape index (κ3) is 71.6. The summed E-state index contributed by atoms with van der Waals surface area (Å²) in [5, 5.41) is 10.6. The Labute approximate surface area is 618 Å². The molecule has 3 N–H and O–H groups in total. The predicted molar refractivity (Wildman–Crippen MR) is 414 cm³/mol. The first-order valence-electron chi connectivity index (χ1n) is 41.8. The molecule has 0 aliphatic carbocycles. The number of phosphoric ester groups is 2. The maximum atomic E-state index is 13.1. The molecule has 0 rings (SSSR count). The Morgan fingerprint density at radius 2 is 0.554 bits per heavy atom. The predicted octanol–water partition coefficient (Wildman–Crippen LogP) is 24.1. The third-order valence-corrected chi connectivity index (χ3v) is 21.5. The van der Waals surface area contributed by atoms with Crippen LogP contribution in [0.25, 0.3) is 0 Å². The smallest absolute Gasteiger partial charge is 0.462 e. The monoisotopic (exact) mass is 1480 g/mol. The van der Waals surface area contributed by atoms with Crippen LogP contribution in [0.5, 0.6) is 0 Å². The molecular formula is C82H156O17P2. The molecule has 0 aliphatic heterocycles. The summed E-state index contributed by atoms with van der Waals surface area (Å²) < 4.78 is 68.7. The first kappa shape index (κ1) is 98.5. The molecule has 0 bridgehead atoms. The molecule has 0 heterocycles. The maximum absolute atomic E-state index is 13.1. The van der Waals surface area contributed by atoms with E-state index >= 15 is 0 Å². The lowest BCUT2D eigenvalue weighted by atomic mass is 9.99. The zero-order valence-electron chi connectivity index (χ0n) is 65.9. The molecule has 0 spiro atoms. The van der Waals surface area contributed by atoms with Crippen molar-refractivity contribution in [2.24, 2.45) is 17.8 Å². The van der Waals surface area contributed by atoms with Gasteiger partial charge < -0.3 is 33.8 Å². The van der Waals surface area contributed by atoms with Crippen molar-refractivity contribution < 1.29 is 80.2 Å². The van der Waals surface area contributed by atoms with Crippen molar-refractivity contribution in [2.45, 2.75) is 420 Å². The van der Waals surface area contributed by atoms with Crippen molar-refractivity contribution in [2.75, 3.05) is 39.6 Å². The zero-order valence-corrected chi connectivity index (χ0v) is 67.6. The van der Waals surface area contributed by atoms with E-state index in [0.717, 1.165) is 127 Å². The second-order valence-electron chi connectivity index (χ2n) is 29.6. The van der Waals surface area contributed by atoms with Gasteiger partial charge in [-0.05, 0) is 69.1 Å². The highest BCUT2D eigenvalue weighted by Crippen LogP contribution is 2.45. The minimum Gasteiger partial charge on any atom is -0.462 e. The molecule has 0 aromatic heterocycles. The Balaban J connectivity index is 5.29. The van der Waals surface area contributed by atoms with E-state index in [1.165, 1.54) is 193 Å². The molecule has 0 amide bonds. The lowest BCUT2D eigenvalue weighted by molar-refractivity contribution is -0.161. The van der Waals surface area contributed by atoms with Crippen LogP contribution < -0.4 is 0 Å². The lowest BCUT2D eigenvalue weighted by Gasteiger charge is -2.21. The van der Waals surface area contributed by atoms with Crippen LogP contribution in [-0.4, -0.2) is 96.7 Å². The summed E-state index contributed by atoms with van der Waals surface area (Å²) >= 11 is 0. The number of unbranched alkanes of at least 4 members (excludes halogenated alkanes) is 40. The number of aliphatic hydroxyl groups is 1. The quantitative estimate of drug-likeness (QED) is 0.0169. The summed E-state index contributed by atoms with van der Waals surface area (Å²) in [4.78, 5) is 73.0. The van der Waals surface area contributed by atoms with Crippen LogP contribution in [-0.2, 0) is 65.4 Å². The number of phosphoric acid groups is 2. The summed E-state index contributed by atoms with van der Waals surface area (Å²) in [6.07, 6.45) is 63.1. The second-order valence-corrected chi connectivity index (χ2v) is 32.5. The number of aliphatic hydroxyl groups excluding tert-OH is 1. The zero-order chi connectivity index (χ0) is 74.4. The van der Waals surface area contributed by atoms with Crippen LogP contribution in [0.1, 0.15) is 402 Å². The third-order valence-electron chi connectivity index (χ3n) is 19.6. The fraction of sp³-hybridized carbons (Fsp3) is 0.902. The van der Waals surface area contributed by atoms with Crippen LogP contribution >= 0.6 is 15.6 Å². The van der Waals surface area contributed by atoms with Crippen LogP contribution in [0, 0.1) is 17.8 Å². The molecule has 0 radical (unpaired) electrons. The minimum atomic E-state index is -4.97. The summed E-state index contributed by atoms with van der Waals surface area (Å²) in [6, 6.07) is 0. The van der Waals surface area contributed by atoms with Gasteiger partial charge in [-0.3, -0.25) is 37.3 Å². The van der Waals surface area contributed by atoms with E-state index in [0.29, 0.717) is 25.7 Å². The Bertz CT molecular complexity index is 2060. The average Bonchev–Trinajstić information content (AvgIpc) is 0.954. The van der Waals surface area contributed by atoms with E-state index in [4.69, 9.17) is 37.0 Å². The molecule has 0 saturated heterocycles. The number of hydrogen-bond acceptors (Lipinski definition) is 15. The van der Waals surface area contributed by atoms with Gasteiger partial charge >= 0.3 is 39.5 Å².